The van der Waals surface area contributed by atoms with Crippen LogP contribution in [0, 0.1) is 0 Å². The molecule has 0 unspecified atom stereocenters. The molecule has 22 heavy (non-hydrogen) atoms. The van der Waals surface area contributed by atoms with Gasteiger partial charge < -0.3 is 14.8 Å². The fourth-order valence-corrected chi connectivity index (χ4v) is 2.21. The van der Waals surface area contributed by atoms with Gasteiger partial charge in [-0.1, -0.05) is 0 Å². The number of ether oxygens (including phenoxy) is 2. The van der Waals surface area contributed by atoms with Gasteiger partial charge in [-0.25, -0.2) is 0 Å². The van der Waals surface area contributed by atoms with Gasteiger partial charge in [-0.2, -0.15) is 5.10 Å². The van der Waals surface area contributed by atoms with Crippen molar-refractivity contribution in [1.29, 1.82) is 0 Å². The molecular weight excluding hydrogens is 282 g/mol. The molecule has 1 heterocycles. The van der Waals surface area contributed by atoms with Gasteiger partial charge in [-0.15, -0.1) is 0 Å². The van der Waals surface area contributed by atoms with Gasteiger partial charge in [-0.05, 0) is 31.5 Å². The SMILES string of the molecule is CCOCCCNC(=O)CCn1ncc2cc(OC)ccc21. The van der Waals surface area contributed by atoms with Gasteiger partial charge in [0.15, 0.2) is 0 Å². The van der Waals surface area contributed by atoms with E-state index in [0.717, 1.165) is 23.1 Å². The summed E-state index contributed by atoms with van der Waals surface area (Å²) in [6, 6.07) is 5.79. The first-order valence-corrected chi connectivity index (χ1v) is 7.58. The van der Waals surface area contributed by atoms with Crippen LogP contribution in [-0.2, 0) is 16.1 Å². The molecule has 0 bridgehead atoms. The molecule has 0 aliphatic heterocycles. The third-order valence-corrected chi connectivity index (χ3v) is 3.39. The second-order valence-electron chi connectivity index (χ2n) is 4.94. The summed E-state index contributed by atoms with van der Waals surface area (Å²) in [6.45, 7) is 4.57. The zero-order valence-corrected chi connectivity index (χ0v) is 13.2. The van der Waals surface area contributed by atoms with Gasteiger partial charge in [0.05, 0.1) is 25.4 Å². The van der Waals surface area contributed by atoms with E-state index < -0.39 is 0 Å². The number of methoxy groups -OCH3 is 1. The van der Waals surface area contributed by atoms with Crippen LogP contribution in [0.5, 0.6) is 5.75 Å². The highest BCUT2D eigenvalue weighted by Gasteiger charge is 2.06. The minimum atomic E-state index is 0.0358. The van der Waals surface area contributed by atoms with Crippen molar-refractivity contribution in [1.82, 2.24) is 15.1 Å². The van der Waals surface area contributed by atoms with E-state index in [0.29, 0.717) is 32.7 Å². The van der Waals surface area contributed by atoms with E-state index in [2.05, 4.69) is 10.4 Å². The molecule has 6 heteroatoms. The Labute approximate surface area is 130 Å². The number of benzene rings is 1. The molecule has 0 aliphatic carbocycles. The highest BCUT2D eigenvalue weighted by molar-refractivity contribution is 5.80. The van der Waals surface area contributed by atoms with E-state index in [-0.39, 0.29) is 5.91 Å². The molecule has 0 aliphatic rings. The van der Waals surface area contributed by atoms with Crippen molar-refractivity contribution >= 4 is 16.8 Å². The maximum atomic E-state index is 11.8. The van der Waals surface area contributed by atoms with Gasteiger partial charge in [0, 0.05) is 31.6 Å². The molecule has 1 amide bonds. The number of hydrogen-bond acceptors (Lipinski definition) is 4. The third kappa shape index (κ3) is 4.46. The van der Waals surface area contributed by atoms with Gasteiger partial charge in [0.25, 0.3) is 0 Å². The average Bonchev–Trinajstić information content (AvgIpc) is 2.94. The molecule has 0 spiro atoms. The first-order valence-electron chi connectivity index (χ1n) is 7.58. The summed E-state index contributed by atoms with van der Waals surface area (Å²) in [5.41, 5.74) is 1.00. The van der Waals surface area contributed by atoms with Crippen LogP contribution in [0.4, 0.5) is 0 Å². The standard InChI is InChI=1S/C16H23N3O3/c1-3-22-10-4-8-17-16(20)7-9-19-15-6-5-14(21-2)11-13(15)12-18-19/h5-6,11-12H,3-4,7-10H2,1-2H3,(H,17,20). The van der Waals surface area contributed by atoms with Gasteiger partial charge in [0.2, 0.25) is 5.91 Å². The smallest absolute Gasteiger partial charge is 0.221 e. The molecule has 1 aromatic heterocycles. The highest BCUT2D eigenvalue weighted by Crippen LogP contribution is 2.20. The lowest BCUT2D eigenvalue weighted by Crippen LogP contribution is -2.26. The van der Waals surface area contributed by atoms with Gasteiger partial charge >= 0.3 is 0 Å². The summed E-state index contributed by atoms with van der Waals surface area (Å²) < 4.78 is 12.3. The molecule has 2 rings (SSSR count). The van der Waals surface area contributed by atoms with E-state index in [1.165, 1.54) is 0 Å². The zero-order valence-electron chi connectivity index (χ0n) is 13.2. The van der Waals surface area contributed by atoms with Crippen molar-refractivity contribution in [3.63, 3.8) is 0 Å². The lowest BCUT2D eigenvalue weighted by Gasteiger charge is -2.06. The van der Waals surface area contributed by atoms with E-state index in [1.54, 1.807) is 13.3 Å². The summed E-state index contributed by atoms with van der Waals surface area (Å²) in [5, 5.41) is 8.23. The topological polar surface area (TPSA) is 65.4 Å². The largest absolute Gasteiger partial charge is 0.497 e. The van der Waals surface area contributed by atoms with Gasteiger partial charge in [0.1, 0.15) is 5.75 Å². The minimum Gasteiger partial charge on any atom is -0.497 e. The summed E-state index contributed by atoms with van der Waals surface area (Å²) in [6.07, 6.45) is 3.04. The number of aromatic nitrogens is 2. The Bertz CT molecular complexity index is 610. The predicted octanol–water partition coefficient (Wildman–Crippen LogP) is 1.98. The van der Waals surface area contributed by atoms with E-state index in [9.17, 15) is 4.79 Å². The first-order chi connectivity index (χ1) is 10.7. The molecule has 0 radical (unpaired) electrons. The maximum absolute atomic E-state index is 11.8. The molecule has 2 aromatic rings. The van der Waals surface area contributed by atoms with E-state index in [4.69, 9.17) is 9.47 Å². The Morgan fingerprint density at radius 3 is 3.05 bits per heavy atom. The number of nitrogens with one attached hydrogen (secondary N) is 1. The fourth-order valence-electron chi connectivity index (χ4n) is 2.21. The van der Waals surface area contributed by atoms with Crippen LogP contribution in [0.1, 0.15) is 19.8 Å². The second-order valence-corrected chi connectivity index (χ2v) is 4.94. The summed E-state index contributed by atoms with van der Waals surface area (Å²) in [4.78, 5) is 11.8. The average molecular weight is 305 g/mol. The quantitative estimate of drug-likeness (QED) is 0.719. The normalized spacial score (nSPS) is 10.8. The number of rotatable bonds is 9. The number of carbonyl (C=O) groups is 1. The Morgan fingerprint density at radius 2 is 2.27 bits per heavy atom. The summed E-state index contributed by atoms with van der Waals surface area (Å²) in [7, 11) is 1.64. The predicted molar refractivity (Wildman–Crippen MR) is 85.0 cm³/mol. The fraction of sp³-hybridized carbons (Fsp3) is 0.500. The zero-order chi connectivity index (χ0) is 15.8. The molecule has 0 saturated carbocycles. The molecule has 6 nitrogen and oxygen atoms in total. The van der Waals surface area contributed by atoms with Crippen molar-refractivity contribution in [2.24, 2.45) is 0 Å². The van der Waals surface area contributed by atoms with Crippen molar-refractivity contribution in [2.75, 3.05) is 26.9 Å². The van der Waals surface area contributed by atoms with Crippen molar-refractivity contribution in [2.45, 2.75) is 26.3 Å². The Morgan fingerprint density at radius 1 is 1.41 bits per heavy atom. The van der Waals surface area contributed by atoms with Crippen LogP contribution in [0.15, 0.2) is 24.4 Å². The van der Waals surface area contributed by atoms with Crippen LogP contribution in [0.3, 0.4) is 0 Å². The molecule has 0 atom stereocenters. The first kappa shape index (κ1) is 16.3. The number of carbonyl (C=O) groups excluding carboxylic acids is 1. The molecule has 120 valence electrons. The van der Waals surface area contributed by atoms with Crippen molar-refractivity contribution < 1.29 is 14.3 Å². The number of amides is 1. The summed E-state index contributed by atoms with van der Waals surface area (Å²) >= 11 is 0. The highest BCUT2D eigenvalue weighted by atomic mass is 16.5. The van der Waals surface area contributed by atoms with Gasteiger partial charge in [-0.3, -0.25) is 9.48 Å². The molecule has 1 aromatic carbocycles. The number of hydrogen-bond donors (Lipinski definition) is 1. The number of fused-ring (bicyclic) bond motifs is 1. The molecular formula is C16H23N3O3. The lowest BCUT2D eigenvalue weighted by molar-refractivity contribution is -0.121. The van der Waals surface area contributed by atoms with Crippen molar-refractivity contribution in [3.8, 4) is 5.75 Å². The Kier molecular flexibility index (Phi) is 6.21. The van der Waals surface area contributed by atoms with E-state index >= 15 is 0 Å². The summed E-state index contributed by atoms with van der Waals surface area (Å²) in [5.74, 6) is 0.841. The van der Waals surface area contributed by atoms with Crippen molar-refractivity contribution in [3.05, 3.63) is 24.4 Å². The second kappa shape index (κ2) is 8.38. The lowest BCUT2D eigenvalue weighted by atomic mass is 10.2. The van der Waals surface area contributed by atoms with Crippen LogP contribution in [0.25, 0.3) is 10.9 Å². The van der Waals surface area contributed by atoms with Crippen LogP contribution >= 0.6 is 0 Å². The molecule has 0 saturated heterocycles. The number of nitrogens with zero attached hydrogens (tertiary/aromatic N) is 2. The van der Waals surface area contributed by atoms with Crippen LogP contribution in [0.2, 0.25) is 0 Å². The van der Waals surface area contributed by atoms with E-state index in [1.807, 2.05) is 29.8 Å². The maximum Gasteiger partial charge on any atom is 0.221 e. The Hall–Kier alpha value is -2.08. The number of aryl methyl sites for hydroxylation is 1. The van der Waals surface area contributed by atoms with Crippen LogP contribution in [-0.4, -0.2) is 42.6 Å². The molecule has 0 fully saturated rings. The third-order valence-electron chi connectivity index (χ3n) is 3.39. The molecule has 1 N–H and O–H groups in total. The minimum absolute atomic E-state index is 0.0358. The Balaban J connectivity index is 1.80. The monoisotopic (exact) mass is 305 g/mol. The van der Waals surface area contributed by atoms with Crippen LogP contribution < -0.4 is 10.1 Å².